The highest BCUT2D eigenvalue weighted by molar-refractivity contribution is 6.28. The van der Waals surface area contributed by atoms with E-state index in [4.69, 9.17) is 21.9 Å². The summed E-state index contributed by atoms with van der Waals surface area (Å²) in [6, 6.07) is 3.10. The molecular weight excluding hydrogens is 218 g/mol. The number of hydrogen-bond acceptors (Lipinski definition) is 5. The van der Waals surface area contributed by atoms with Gasteiger partial charge in [0, 0.05) is 7.05 Å². The van der Waals surface area contributed by atoms with E-state index in [1.165, 1.54) is 0 Å². The van der Waals surface area contributed by atoms with Crippen LogP contribution in [0.3, 0.4) is 0 Å². The summed E-state index contributed by atoms with van der Waals surface area (Å²) in [4.78, 5) is 0. The molecular formula is C8H10ClN5O. The fraction of sp³-hybridized carbons (Fsp3) is 0.250. The first-order valence-electron chi connectivity index (χ1n) is 4.28. The van der Waals surface area contributed by atoms with Crippen molar-refractivity contribution < 1.29 is 4.42 Å². The number of halogens is 1. The first-order chi connectivity index (χ1) is 7.22. The van der Waals surface area contributed by atoms with Crippen molar-refractivity contribution in [1.29, 1.82) is 0 Å². The minimum Gasteiger partial charge on any atom is -0.448 e. The van der Waals surface area contributed by atoms with Gasteiger partial charge in [-0.25, -0.2) is 5.43 Å². The SMILES string of the molecule is Cn1nncc1C(NN)c1ccc(Cl)o1. The molecule has 7 heteroatoms. The van der Waals surface area contributed by atoms with Crippen molar-refractivity contribution in [1.82, 2.24) is 20.4 Å². The van der Waals surface area contributed by atoms with Crippen molar-refractivity contribution in [2.24, 2.45) is 12.9 Å². The Labute approximate surface area is 91.0 Å². The number of hydrazine groups is 1. The topological polar surface area (TPSA) is 81.9 Å². The molecule has 1 atom stereocenters. The first-order valence-corrected chi connectivity index (χ1v) is 4.66. The highest BCUT2D eigenvalue weighted by Gasteiger charge is 2.19. The predicted molar refractivity (Wildman–Crippen MR) is 53.9 cm³/mol. The molecule has 0 amide bonds. The van der Waals surface area contributed by atoms with Crippen LogP contribution in [0.1, 0.15) is 17.5 Å². The van der Waals surface area contributed by atoms with E-state index in [2.05, 4.69) is 15.7 Å². The van der Waals surface area contributed by atoms with Crippen molar-refractivity contribution in [3.05, 3.63) is 35.0 Å². The fourth-order valence-electron chi connectivity index (χ4n) is 1.36. The number of hydrogen-bond donors (Lipinski definition) is 2. The Balaban J connectivity index is 2.36. The molecule has 0 aliphatic rings. The molecule has 0 radical (unpaired) electrons. The highest BCUT2D eigenvalue weighted by Crippen LogP contribution is 2.24. The molecule has 3 N–H and O–H groups in total. The molecule has 0 bridgehead atoms. The zero-order valence-corrected chi connectivity index (χ0v) is 8.77. The molecule has 80 valence electrons. The van der Waals surface area contributed by atoms with Gasteiger partial charge in [0.15, 0.2) is 5.22 Å². The molecule has 2 aromatic heterocycles. The maximum absolute atomic E-state index is 5.69. The third kappa shape index (κ3) is 1.87. The lowest BCUT2D eigenvalue weighted by Gasteiger charge is -2.12. The zero-order valence-electron chi connectivity index (χ0n) is 8.01. The lowest BCUT2D eigenvalue weighted by Crippen LogP contribution is -2.30. The van der Waals surface area contributed by atoms with Crippen LogP contribution in [0.5, 0.6) is 0 Å². The average molecular weight is 228 g/mol. The fourth-order valence-corrected chi connectivity index (χ4v) is 1.51. The van der Waals surface area contributed by atoms with Crippen LogP contribution in [-0.4, -0.2) is 15.0 Å². The number of rotatable bonds is 3. The maximum atomic E-state index is 5.69. The number of nitrogens with one attached hydrogen (secondary N) is 1. The van der Waals surface area contributed by atoms with E-state index in [0.717, 1.165) is 5.69 Å². The van der Waals surface area contributed by atoms with E-state index in [1.54, 1.807) is 30.1 Å². The standard InChI is InChI=1S/C8H10ClN5O/c1-14-5(4-11-13-14)8(12-10)6-2-3-7(9)15-6/h2-4,8,12H,10H2,1H3. The number of furan rings is 1. The van der Waals surface area contributed by atoms with Gasteiger partial charge in [-0.15, -0.1) is 5.10 Å². The Morgan fingerprint density at radius 2 is 2.40 bits per heavy atom. The van der Waals surface area contributed by atoms with Gasteiger partial charge in [-0.05, 0) is 23.7 Å². The van der Waals surface area contributed by atoms with E-state index in [1.807, 2.05) is 0 Å². The summed E-state index contributed by atoms with van der Waals surface area (Å²) >= 11 is 5.69. The average Bonchev–Trinajstić information content (AvgIpc) is 2.79. The van der Waals surface area contributed by atoms with Crippen molar-refractivity contribution in [3.8, 4) is 0 Å². The molecule has 0 fully saturated rings. The summed E-state index contributed by atoms with van der Waals surface area (Å²) in [7, 11) is 1.78. The largest absolute Gasteiger partial charge is 0.448 e. The first kappa shape index (κ1) is 10.2. The Hall–Kier alpha value is -1.37. The lowest BCUT2D eigenvalue weighted by atomic mass is 10.2. The van der Waals surface area contributed by atoms with Gasteiger partial charge in [0.25, 0.3) is 0 Å². The Morgan fingerprint density at radius 1 is 1.60 bits per heavy atom. The minimum atomic E-state index is -0.308. The van der Waals surface area contributed by atoms with Crippen molar-refractivity contribution in [2.45, 2.75) is 6.04 Å². The molecule has 0 aromatic carbocycles. The minimum absolute atomic E-state index is 0.308. The Kier molecular flexibility index (Phi) is 2.72. The molecule has 0 saturated heterocycles. The third-order valence-corrected chi connectivity index (χ3v) is 2.29. The summed E-state index contributed by atoms with van der Waals surface area (Å²) < 4.78 is 6.88. The van der Waals surface area contributed by atoms with Crippen LogP contribution in [0.4, 0.5) is 0 Å². The van der Waals surface area contributed by atoms with Crippen LogP contribution in [0.2, 0.25) is 5.22 Å². The second-order valence-corrected chi connectivity index (χ2v) is 3.40. The summed E-state index contributed by atoms with van der Waals surface area (Å²) in [5, 5.41) is 7.90. The lowest BCUT2D eigenvalue weighted by molar-refractivity contribution is 0.438. The van der Waals surface area contributed by atoms with Gasteiger partial charge >= 0.3 is 0 Å². The quantitative estimate of drug-likeness (QED) is 0.593. The molecule has 0 saturated carbocycles. The van der Waals surface area contributed by atoms with E-state index in [0.29, 0.717) is 11.0 Å². The summed E-state index contributed by atoms with van der Waals surface area (Å²) in [6.07, 6.45) is 1.61. The van der Waals surface area contributed by atoms with Crippen LogP contribution < -0.4 is 11.3 Å². The number of nitrogens with zero attached hydrogens (tertiary/aromatic N) is 3. The van der Waals surface area contributed by atoms with Crippen LogP contribution in [0.15, 0.2) is 22.7 Å². The van der Waals surface area contributed by atoms with E-state index < -0.39 is 0 Å². The molecule has 1 unspecified atom stereocenters. The molecule has 0 aliphatic heterocycles. The molecule has 2 aromatic rings. The van der Waals surface area contributed by atoms with Crippen LogP contribution >= 0.6 is 11.6 Å². The number of aryl methyl sites for hydroxylation is 1. The third-order valence-electron chi connectivity index (χ3n) is 2.09. The van der Waals surface area contributed by atoms with Crippen molar-refractivity contribution in [2.75, 3.05) is 0 Å². The van der Waals surface area contributed by atoms with Gasteiger partial charge in [0.05, 0.1) is 11.9 Å². The van der Waals surface area contributed by atoms with E-state index in [9.17, 15) is 0 Å². The molecule has 0 spiro atoms. The normalized spacial score (nSPS) is 13.0. The Bertz CT molecular complexity index is 451. The van der Waals surface area contributed by atoms with Gasteiger partial charge in [0.1, 0.15) is 11.8 Å². The molecule has 2 rings (SSSR count). The van der Waals surface area contributed by atoms with Gasteiger partial charge in [0.2, 0.25) is 0 Å². The molecule has 2 heterocycles. The zero-order chi connectivity index (χ0) is 10.8. The Morgan fingerprint density at radius 3 is 2.87 bits per heavy atom. The smallest absolute Gasteiger partial charge is 0.193 e. The monoisotopic (exact) mass is 227 g/mol. The molecule has 0 aliphatic carbocycles. The van der Waals surface area contributed by atoms with Gasteiger partial charge in [-0.3, -0.25) is 10.5 Å². The van der Waals surface area contributed by atoms with E-state index >= 15 is 0 Å². The summed E-state index contributed by atoms with van der Waals surface area (Å²) in [6.45, 7) is 0. The molecule has 15 heavy (non-hydrogen) atoms. The van der Waals surface area contributed by atoms with Gasteiger partial charge < -0.3 is 4.42 Å². The summed E-state index contributed by atoms with van der Waals surface area (Å²) in [5.74, 6) is 6.07. The second kappa shape index (κ2) is 4.01. The van der Waals surface area contributed by atoms with Crippen molar-refractivity contribution in [3.63, 3.8) is 0 Å². The number of nitrogens with two attached hydrogens (primary N) is 1. The second-order valence-electron chi connectivity index (χ2n) is 3.02. The van der Waals surface area contributed by atoms with Crippen LogP contribution in [-0.2, 0) is 7.05 Å². The van der Waals surface area contributed by atoms with Crippen LogP contribution in [0.25, 0.3) is 0 Å². The summed E-state index contributed by atoms with van der Waals surface area (Å²) in [5.41, 5.74) is 3.42. The number of aromatic nitrogens is 3. The predicted octanol–water partition coefficient (Wildman–Crippen LogP) is 0.614. The van der Waals surface area contributed by atoms with Gasteiger partial charge in [-0.1, -0.05) is 5.21 Å². The van der Waals surface area contributed by atoms with Crippen molar-refractivity contribution >= 4 is 11.6 Å². The molecule has 6 nitrogen and oxygen atoms in total. The van der Waals surface area contributed by atoms with Gasteiger partial charge in [-0.2, -0.15) is 0 Å². The highest BCUT2D eigenvalue weighted by atomic mass is 35.5. The maximum Gasteiger partial charge on any atom is 0.193 e. The van der Waals surface area contributed by atoms with E-state index in [-0.39, 0.29) is 6.04 Å². The van der Waals surface area contributed by atoms with Crippen LogP contribution in [0, 0.1) is 0 Å².